The van der Waals surface area contributed by atoms with Crippen molar-refractivity contribution in [3.05, 3.63) is 29.7 Å². The minimum atomic E-state index is 0.503. The number of methoxy groups -OCH3 is 1. The van der Waals surface area contributed by atoms with Crippen LogP contribution in [0, 0.1) is 6.92 Å². The summed E-state index contributed by atoms with van der Waals surface area (Å²) in [7, 11) is 1.66. The third kappa shape index (κ3) is 4.29. The number of benzene rings is 1. The maximum atomic E-state index is 5.71. The highest BCUT2D eigenvalue weighted by molar-refractivity contribution is 5.57. The van der Waals surface area contributed by atoms with E-state index in [1.54, 1.807) is 7.11 Å². The summed E-state index contributed by atoms with van der Waals surface area (Å²) in [4.78, 5) is 0. The maximum absolute atomic E-state index is 5.71. The molecule has 0 bridgehead atoms. The van der Waals surface area contributed by atoms with Gasteiger partial charge in [0.1, 0.15) is 5.75 Å². The highest BCUT2D eigenvalue weighted by atomic mass is 16.5. The molecule has 0 radical (unpaired) electrons. The highest BCUT2D eigenvalue weighted by Gasteiger charge is 2.10. The fraction of sp³-hybridized carbons (Fsp3) is 0.500. The molecule has 5 nitrogen and oxygen atoms in total. The molecule has 21 heavy (non-hydrogen) atoms. The number of nitrogens with one attached hydrogen (secondary N) is 1. The van der Waals surface area contributed by atoms with E-state index in [9.17, 15) is 0 Å². The van der Waals surface area contributed by atoms with Crippen molar-refractivity contribution in [1.82, 2.24) is 15.5 Å². The zero-order valence-electron chi connectivity index (χ0n) is 13.1. The zero-order valence-corrected chi connectivity index (χ0v) is 13.1. The fourth-order valence-corrected chi connectivity index (χ4v) is 2.05. The molecule has 1 heterocycles. The number of rotatable bonds is 7. The average molecular weight is 289 g/mol. The molecule has 1 aromatic heterocycles. The number of ether oxygens (including phenoxy) is 1. The first-order valence-electron chi connectivity index (χ1n) is 7.31. The Morgan fingerprint density at radius 1 is 1.29 bits per heavy atom. The molecule has 2 aromatic rings. The van der Waals surface area contributed by atoms with E-state index in [2.05, 4.69) is 29.4 Å². The third-order valence-electron chi connectivity index (χ3n) is 3.24. The van der Waals surface area contributed by atoms with Crippen LogP contribution in [0.5, 0.6) is 5.75 Å². The van der Waals surface area contributed by atoms with Gasteiger partial charge in [-0.05, 0) is 37.6 Å². The topological polar surface area (TPSA) is 60.2 Å². The summed E-state index contributed by atoms with van der Waals surface area (Å²) >= 11 is 0. The Balaban J connectivity index is 1.99. The van der Waals surface area contributed by atoms with Gasteiger partial charge in [0.25, 0.3) is 0 Å². The molecule has 0 aliphatic carbocycles. The van der Waals surface area contributed by atoms with Crippen molar-refractivity contribution in [3.8, 4) is 17.2 Å². The second-order valence-electron chi connectivity index (χ2n) is 5.40. The minimum absolute atomic E-state index is 0.503. The standard InChI is InChI=1S/C16H23N3O2/c1-11(2)17-9-5-6-15-18-19-16(21-15)13-8-7-12(3)14(10-13)20-4/h7-8,10-11,17H,5-6,9H2,1-4H3. The van der Waals surface area contributed by atoms with Crippen molar-refractivity contribution in [2.45, 2.75) is 39.7 Å². The van der Waals surface area contributed by atoms with Gasteiger partial charge in [-0.1, -0.05) is 19.9 Å². The van der Waals surface area contributed by atoms with Crippen LogP contribution < -0.4 is 10.1 Å². The van der Waals surface area contributed by atoms with Gasteiger partial charge in [-0.15, -0.1) is 10.2 Å². The van der Waals surface area contributed by atoms with E-state index in [0.717, 1.165) is 36.3 Å². The number of hydrogen-bond acceptors (Lipinski definition) is 5. The second-order valence-corrected chi connectivity index (χ2v) is 5.40. The SMILES string of the molecule is COc1cc(-c2nnc(CCCNC(C)C)o2)ccc1C. The number of aryl methyl sites for hydroxylation is 2. The third-order valence-corrected chi connectivity index (χ3v) is 3.24. The molecule has 114 valence electrons. The van der Waals surface area contributed by atoms with Gasteiger partial charge >= 0.3 is 0 Å². The molecule has 0 spiro atoms. The van der Waals surface area contributed by atoms with E-state index in [4.69, 9.17) is 9.15 Å². The molecule has 2 rings (SSSR count). The molecule has 0 saturated heterocycles. The van der Waals surface area contributed by atoms with Crippen LogP contribution in [0.1, 0.15) is 31.7 Å². The van der Waals surface area contributed by atoms with Gasteiger partial charge in [0.15, 0.2) is 0 Å². The monoisotopic (exact) mass is 289 g/mol. The normalized spacial score (nSPS) is 11.1. The van der Waals surface area contributed by atoms with Crippen LogP contribution in [0.25, 0.3) is 11.5 Å². The minimum Gasteiger partial charge on any atom is -0.496 e. The van der Waals surface area contributed by atoms with Crippen molar-refractivity contribution in [2.75, 3.05) is 13.7 Å². The maximum Gasteiger partial charge on any atom is 0.247 e. The molecule has 0 fully saturated rings. The first-order valence-corrected chi connectivity index (χ1v) is 7.31. The quantitative estimate of drug-likeness (QED) is 0.794. The Kier molecular flexibility index (Phi) is 5.33. The molecule has 0 aliphatic rings. The van der Waals surface area contributed by atoms with E-state index in [0.29, 0.717) is 17.8 Å². The highest BCUT2D eigenvalue weighted by Crippen LogP contribution is 2.26. The summed E-state index contributed by atoms with van der Waals surface area (Å²) < 4.78 is 11.0. The molecule has 0 aliphatic heterocycles. The average Bonchev–Trinajstić information content (AvgIpc) is 2.93. The van der Waals surface area contributed by atoms with Crippen molar-refractivity contribution >= 4 is 0 Å². The summed E-state index contributed by atoms with van der Waals surface area (Å²) in [6.45, 7) is 7.22. The molecule has 0 amide bonds. The fourth-order valence-electron chi connectivity index (χ4n) is 2.05. The van der Waals surface area contributed by atoms with Crippen LogP contribution in [0.3, 0.4) is 0 Å². The Labute approximate surface area is 125 Å². The zero-order chi connectivity index (χ0) is 15.2. The van der Waals surface area contributed by atoms with E-state index in [1.165, 1.54) is 0 Å². The lowest BCUT2D eigenvalue weighted by Gasteiger charge is -2.06. The van der Waals surface area contributed by atoms with Crippen molar-refractivity contribution in [3.63, 3.8) is 0 Å². The van der Waals surface area contributed by atoms with E-state index in [-0.39, 0.29) is 0 Å². The predicted molar refractivity (Wildman–Crippen MR) is 82.5 cm³/mol. The Bertz CT molecular complexity index is 579. The number of hydrogen-bond donors (Lipinski definition) is 1. The van der Waals surface area contributed by atoms with E-state index in [1.807, 2.05) is 25.1 Å². The van der Waals surface area contributed by atoms with Gasteiger partial charge < -0.3 is 14.5 Å². The summed E-state index contributed by atoms with van der Waals surface area (Å²) in [6.07, 6.45) is 1.77. The first kappa shape index (κ1) is 15.5. The van der Waals surface area contributed by atoms with Gasteiger partial charge in [0.05, 0.1) is 7.11 Å². The van der Waals surface area contributed by atoms with Gasteiger partial charge in [-0.2, -0.15) is 0 Å². The van der Waals surface area contributed by atoms with Gasteiger partial charge in [-0.3, -0.25) is 0 Å². The molecule has 1 N–H and O–H groups in total. The van der Waals surface area contributed by atoms with Crippen LogP contribution >= 0.6 is 0 Å². The second kappa shape index (κ2) is 7.22. The summed E-state index contributed by atoms with van der Waals surface area (Å²) in [5, 5.41) is 11.6. The van der Waals surface area contributed by atoms with Crippen LogP contribution in [0.4, 0.5) is 0 Å². The molecule has 5 heteroatoms. The van der Waals surface area contributed by atoms with Crippen molar-refractivity contribution in [1.29, 1.82) is 0 Å². The van der Waals surface area contributed by atoms with Gasteiger partial charge in [0, 0.05) is 18.0 Å². The summed E-state index contributed by atoms with van der Waals surface area (Å²) in [5.41, 5.74) is 1.97. The Hall–Kier alpha value is -1.88. The van der Waals surface area contributed by atoms with E-state index >= 15 is 0 Å². The van der Waals surface area contributed by atoms with Gasteiger partial charge in [-0.25, -0.2) is 0 Å². The Morgan fingerprint density at radius 2 is 2.10 bits per heavy atom. The predicted octanol–water partition coefficient (Wildman–Crippen LogP) is 2.98. The molecule has 0 saturated carbocycles. The van der Waals surface area contributed by atoms with Crippen LogP contribution in [0.2, 0.25) is 0 Å². The van der Waals surface area contributed by atoms with Gasteiger partial charge in [0.2, 0.25) is 11.8 Å². The van der Waals surface area contributed by atoms with Crippen LogP contribution in [-0.2, 0) is 6.42 Å². The lowest BCUT2D eigenvalue weighted by Crippen LogP contribution is -2.23. The van der Waals surface area contributed by atoms with Crippen LogP contribution in [-0.4, -0.2) is 29.9 Å². The van der Waals surface area contributed by atoms with E-state index < -0.39 is 0 Å². The molecular weight excluding hydrogens is 266 g/mol. The first-order chi connectivity index (χ1) is 10.1. The number of nitrogens with zero attached hydrogens (tertiary/aromatic N) is 2. The smallest absolute Gasteiger partial charge is 0.247 e. The lowest BCUT2D eigenvalue weighted by atomic mass is 10.1. The summed E-state index contributed by atoms with van der Waals surface area (Å²) in [5.74, 6) is 2.05. The Morgan fingerprint density at radius 3 is 2.81 bits per heavy atom. The molecular formula is C16H23N3O2. The summed E-state index contributed by atoms with van der Waals surface area (Å²) in [6, 6.07) is 6.38. The number of aromatic nitrogens is 2. The van der Waals surface area contributed by atoms with Crippen molar-refractivity contribution in [2.24, 2.45) is 0 Å². The van der Waals surface area contributed by atoms with Crippen LogP contribution in [0.15, 0.2) is 22.6 Å². The molecule has 1 aromatic carbocycles. The molecule has 0 unspecified atom stereocenters. The molecule has 0 atom stereocenters. The lowest BCUT2D eigenvalue weighted by molar-refractivity contribution is 0.411. The van der Waals surface area contributed by atoms with Crippen molar-refractivity contribution < 1.29 is 9.15 Å². The largest absolute Gasteiger partial charge is 0.496 e.